The molecule has 3 aromatic carbocycles. The van der Waals surface area contributed by atoms with E-state index in [9.17, 15) is 4.79 Å². The smallest absolute Gasteiger partial charge is 0.257 e. The molecule has 1 aromatic heterocycles. The lowest BCUT2D eigenvalue weighted by atomic mass is 10.1. The van der Waals surface area contributed by atoms with Crippen molar-refractivity contribution in [3.63, 3.8) is 0 Å². The number of carbonyl (C=O) groups excluding carboxylic acids is 1. The topological polar surface area (TPSA) is 67.2 Å². The number of nitrogens with zero attached hydrogens (tertiary/aromatic N) is 1. The molecule has 4 rings (SSSR count). The maximum atomic E-state index is 12.5. The molecule has 0 bridgehead atoms. The van der Waals surface area contributed by atoms with Crippen molar-refractivity contribution in [3.8, 4) is 11.5 Å². The Morgan fingerprint density at radius 3 is 2.23 bits per heavy atom. The number of hydrogen-bond acceptors (Lipinski definition) is 4. The predicted molar refractivity (Wildman–Crippen MR) is 129 cm³/mol. The average molecular weight is 430 g/mol. The van der Waals surface area contributed by atoms with Crippen LogP contribution in [0.5, 0.6) is 0 Å². The Kier molecular flexibility index (Phi) is 5.57. The molecule has 31 heavy (non-hydrogen) atoms. The third-order valence-electron chi connectivity index (χ3n) is 5.10. The number of amides is 1. The van der Waals surface area contributed by atoms with Crippen molar-refractivity contribution >= 4 is 40.0 Å². The number of anilines is 1. The second kappa shape index (κ2) is 8.32. The van der Waals surface area contributed by atoms with Crippen LogP contribution in [0, 0.1) is 27.7 Å². The summed E-state index contributed by atoms with van der Waals surface area (Å²) in [5.41, 5.74) is 8.24. The average Bonchev–Trinajstić information content (AvgIpc) is 3.10. The summed E-state index contributed by atoms with van der Waals surface area (Å²) in [6.45, 7) is 8.03. The van der Waals surface area contributed by atoms with Gasteiger partial charge in [-0.15, -0.1) is 0 Å². The molecule has 0 aliphatic carbocycles. The molecule has 0 saturated heterocycles. The summed E-state index contributed by atoms with van der Waals surface area (Å²) < 4.78 is 5.92. The number of aryl methyl sites for hydroxylation is 4. The van der Waals surface area contributed by atoms with Gasteiger partial charge in [0.2, 0.25) is 5.89 Å². The van der Waals surface area contributed by atoms with Crippen LogP contribution in [-0.4, -0.2) is 16.0 Å². The van der Waals surface area contributed by atoms with Crippen molar-refractivity contribution in [2.24, 2.45) is 0 Å². The predicted octanol–water partition coefficient (Wildman–Crippen LogP) is 5.86. The Morgan fingerprint density at radius 2 is 1.55 bits per heavy atom. The zero-order chi connectivity index (χ0) is 22.1. The highest BCUT2D eigenvalue weighted by molar-refractivity contribution is 7.80. The van der Waals surface area contributed by atoms with E-state index in [1.807, 2.05) is 68.4 Å². The van der Waals surface area contributed by atoms with Crippen LogP contribution in [0.15, 0.2) is 59.0 Å². The fourth-order valence-corrected chi connectivity index (χ4v) is 3.65. The van der Waals surface area contributed by atoms with Crippen LogP contribution in [0.4, 0.5) is 5.69 Å². The van der Waals surface area contributed by atoms with E-state index in [0.717, 1.165) is 33.5 Å². The van der Waals surface area contributed by atoms with E-state index in [2.05, 4.69) is 29.5 Å². The van der Waals surface area contributed by atoms with Crippen LogP contribution in [0.1, 0.15) is 32.6 Å². The third-order valence-corrected chi connectivity index (χ3v) is 5.31. The molecular formula is C25H23N3O2S. The van der Waals surface area contributed by atoms with Crippen LogP contribution in [0.2, 0.25) is 0 Å². The maximum Gasteiger partial charge on any atom is 0.257 e. The molecule has 5 nitrogen and oxygen atoms in total. The quantitative estimate of drug-likeness (QED) is 0.400. The fraction of sp³-hybridized carbons (Fsp3) is 0.160. The SMILES string of the molecule is Cc1cc(C)cc(C(=O)NC(=S)Nc2ccc(-c3nc4cc(C)c(C)cc4o3)cc2)c1. The highest BCUT2D eigenvalue weighted by atomic mass is 32.1. The van der Waals surface area contributed by atoms with Gasteiger partial charge in [-0.2, -0.15) is 0 Å². The summed E-state index contributed by atoms with van der Waals surface area (Å²) in [5.74, 6) is 0.329. The zero-order valence-corrected chi connectivity index (χ0v) is 18.7. The van der Waals surface area contributed by atoms with Gasteiger partial charge in [-0.3, -0.25) is 10.1 Å². The van der Waals surface area contributed by atoms with E-state index < -0.39 is 0 Å². The number of benzene rings is 3. The Bertz CT molecular complexity index is 1250. The second-order valence-electron chi connectivity index (χ2n) is 7.79. The minimum atomic E-state index is -0.238. The van der Waals surface area contributed by atoms with Gasteiger partial charge in [-0.25, -0.2) is 4.98 Å². The normalized spacial score (nSPS) is 10.8. The van der Waals surface area contributed by atoms with E-state index in [0.29, 0.717) is 11.5 Å². The summed E-state index contributed by atoms with van der Waals surface area (Å²) in [6.07, 6.45) is 0. The molecule has 0 radical (unpaired) electrons. The van der Waals surface area contributed by atoms with E-state index in [1.54, 1.807) is 0 Å². The first-order valence-electron chi connectivity index (χ1n) is 9.97. The van der Waals surface area contributed by atoms with Crippen molar-refractivity contribution in [1.29, 1.82) is 0 Å². The molecule has 0 spiro atoms. The largest absolute Gasteiger partial charge is 0.436 e. The van der Waals surface area contributed by atoms with Crippen molar-refractivity contribution in [3.05, 3.63) is 82.4 Å². The second-order valence-corrected chi connectivity index (χ2v) is 8.19. The summed E-state index contributed by atoms with van der Waals surface area (Å²) >= 11 is 5.30. The molecule has 1 amide bonds. The Hall–Kier alpha value is -3.51. The highest BCUT2D eigenvalue weighted by Crippen LogP contribution is 2.27. The first kappa shape index (κ1) is 20.8. The number of oxazole rings is 1. The lowest BCUT2D eigenvalue weighted by Crippen LogP contribution is -2.34. The molecule has 0 unspecified atom stereocenters. The minimum absolute atomic E-state index is 0.238. The first-order valence-corrected chi connectivity index (χ1v) is 10.4. The molecule has 0 saturated carbocycles. The first-order chi connectivity index (χ1) is 14.8. The lowest BCUT2D eigenvalue weighted by Gasteiger charge is -2.10. The van der Waals surface area contributed by atoms with Crippen LogP contribution in [-0.2, 0) is 0 Å². The van der Waals surface area contributed by atoms with Crippen LogP contribution >= 0.6 is 12.2 Å². The monoisotopic (exact) mass is 429 g/mol. The molecule has 1 heterocycles. The van der Waals surface area contributed by atoms with Gasteiger partial charge < -0.3 is 9.73 Å². The molecule has 0 aliphatic heterocycles. The molecule has 6 heteroatoms. The Balaban J connectivity index is 1.44. The number of carbonyl (C=O) groups is 1. The van der Waals surface area contributed by atoms with E-state index in [4.69, 9.17) is 16.6 Å². The Morgan fingerprint density at radius 1 is 0.903 bits per heavy atom. The zero-order valence-electron chi connectivity index (χ0n) is 17.9. The van der Waals surface area contributed by atoms with Gasteiger partial charge in [0.25, 0.3) is 5.91 Å². The number of fused-ring (bicyclic) bond motifs is 1. The van der Waals surface area contributed by atoms with Crippen molar-refractivity contribution in [2.75, 3.05) is 5.32 Å². The van der Waals surface area contributed by atoms with Gasteiger partial charge in [0.05, 0.1) is 0 Å². The lowest BCUT2D eigenvalue weighted by molar-refractivity contribution is 0.0977. The molecule has 156 valence electrons. The summed E-state index contributed by atoms with van der Waals surface area (Å²) in [5, 5.41) is 6.01. The van der Waals surface area contributed by atoms with Crippen LogP contribution in [0.25, 0.3) is 22.6 Å². The fourth-order valence-electron chi connectivity index (χ4n) is 3.44. The van der Waals surface area contributed by atoms with Crippen molar-refractivity contribution in [1.82, 2.24) is 10.3 Å². The molecule has 2 N–H and O–H groups in total. The number of nitrogens with one attached hydrogen (secondary N) is 2. The van der Waals surface area contributed by atoms with E-state index in [-0.39, 0.29) is 11.0 Å². The standard InChI is InChI=1S/C25H23N3O2S/c1-14-9-15(2)11-19(10-14)23(29)28-25(31)26-20-7-5-18(6-8-20)24-27-21-12-16(3)17(4)13-22(21)30-24/h5-13H,1-4H3,(H2,26,28,29,31). The van der Waals surface area contributed by atoms with E-state index in [1.165, 1.54) is 11.1 Å². The summed E-state index contributed by atoms with van der Waals surface area (Å²) in [4.78, 5) is 17.1. The van der Waals surface area contributed by atoms with Gasteiger partial charge >= 0.3 is 0 Å². The van der Waals surface area contributed by atoms with Gasteiger partial charge in [0.1, 0.15) is 5.52 Å². The summed E-state index contributed by atoms with van der Waals surface area (Å²) in [6, 6.07) is 17.3. The van der Waals surface area contributed by atoms with Gasteiger partial charge in [-0.05, 0) is 99.6 Å². The summed E-state index contributed by atoms with van der Waals surface area (Å²) in [7, 11) is 0. The van der Waals surface area contributed by atoms with Gasteiger partial charge in [-0.1, -0.05) is 17.2 Å². The molecule has 0 aliphatic rings. The number of rotatable bonds is 3. The van der Waals surface area contributed by atoms with Crippen LogP contribution < -0.4 is 10.6 Å². The minimum Gasteiger partial charge on any atom is -0.436 e. The number of hydrogen-bond donors (Lipinski definition) is 2. The maximum absolute atomic E-state index is 12.5. The molecule has 0 fully saturated rings. The van der Waals surface area contributed by atoms with Crippen molar-refractivity contribution in [2.45, 2.75) is 27.7 Å². The molecule has 0 atom stereocenters. The number of aromatic nitrogens is 1. The third kappa shape index (κ3) is 4.64. The molecule has 4 aromatic rings. The van der Waals surface area contributed by atoms with Gasteiger partial charge in [0.15, 0.2) is 10.7 Å². The van der Waals surface area contributed by atoms with Crippen LogP contribution in [0.3, 0.4) is 0 Å². The highest BCUT2D eigenvalue weighted by Gasteiger charge is 2.11. The molecular weight excluding hydrogens is 406 g/mol. The van der Waals surface area contributed by atoms with Crippen molar-refractivity contribution < 1.29 is 9.21 Å². The van der Waals surface area contributed by atoms with E-state index >= 15 is 0 Å². The Labute approximate surface area is 186 Å². The number of thiocarbonyl (C=S) groups is 1. The van der Waals surface area contributed by atoms with Gasteiger partial charge in [0, 0.05) is 16.8 Å².